The number of amides is 1. The van der Waals surface area contributed by atoms with Crippen molar-refractivity contribution in [3.05, 3.63) is 71.5 Å². The van der Waals surface area contributed by atoms with Gasteiger partial charge in [0.1, 0.15) is 11.2 Å². The summed E-state index contributed by atoms with van der Waals surface area (Å²) in [6.45, 7) is 2.98. The van der Waals surface area contributed by atoms with E-state index < -0.39 is 17.5 Å². The molecule has 1 aliphatic carbocycles. The number of piperazine rings is 1. The Hall–Kier alpha value is -2.41. The molecule has 160 valence electrons. The van der Waals surface area contributed by atoms with E-state index >= 15 is 0 Å². The minimum Gasteiger partial charge on any atom is -0.336 e. The van der Waals surface area contributed by atoms with Gasteiger partial charge < -0.3 is 4.90 Å². The van der Waals surface area contributed by atoms with E-state index in [1.165, 1.54) is 17.0 Å². The summed E-state index contributed by atoms with van der Waals surface area (Å²) in [6.07, 6.45) is -4.82. The zero-order valence-corrected chi connectivity index (χ0v) is 16.7. The molecule has 0 unspecified atom stereocenters. The van der Waals surface area contributed by atoms with E-state index in [2.05, 4.69) is 4.90 Å². The van der Waals surface area contributed by atoms with E-state index in [4.69, 9.17) is 0 Å². The van der Waals surface area contributed by atoms with Gasteiger partial charge in [0.25, 0.3) is 0 Å². The molecule has 30 heavy (non-hydrogen) atoms. The zero-order valence-electron chi connectivity index (χ0n) is 16.7. The largest absolute Gasteiger partial charge is 0.403 e. The maximum atomic E-state index is 13.6. The van der Waals surface area contributed by atoms with Crippen molar-refractivity contribution in [3.8, 4) is 0 Å². The summed E-state index contributed by atoms with van der Waals surface area (Å²) in [5, 5.41) is 0. The van der Waals surface area contributed by atoms with Gasteiger partial charge in [-0.2, -0.15) is 13.2 Å². The molecule has 2 atom stereocenters. The average Bonchev–Trinajstić information content (AvgIpc) is 3.51. The van der Waals surface area contributed by atoms with Gasteiger partial charge in [-0.15, -0.1) is 0 Å². The number of hydrogen-bond acceptors (Lipinski definition) is 2. The van der Waals surface area contributed by atoms with Crippen molar-refractivity contribution >= 4 is 5.91 Å². The second-order valence-electron chi connectivity index (χ2n) is 8.37. The van der Waals surface area contributed by atoms with Crippen LogP contribution in [-0.4, -0.2) is 41.0 Å². The molecule has 2 fully saturated rings. The number of carbonyl (C=O) groups excluding carboxylic acids is 1. The lowest BCUT2D eigenvalue weighted by atomic mass is 9.95. The minimum atomic E-state index is -4.53. The first-order chi connectivity index (χ1) is 14.2. The van der Waals surface area contributed by atoms with Crippen LogP contribution >= 0.6 is 0 Å². The Kier molecular flexibility index (Phi) is 5.34. The van der Waals surface area contributed by atoms with E-state index in [0.717, 1.165) is 11.1 Å². The highest BCUT2D eigenvalue weighted by Crippen LogP contribution is 2.59. The van der Waals surface area contributed by atoms with Crippen LogP contribution in [0.15, 0.2) is 54.6 Å². The quantitative estimate of drug-likeness (QED) is 0.654. The molecule has 4 rings (SSSR count). The van der Waals surface area contributed by atoms with Crippen molar-refractivity contribution in [3.63, 3.8) is 0 Å². The fourth-order valence-electron chi connectivity index (χ4n) is 4.34. The number of hydrogen-bond donors (Lipinski definition) is 0. The fraction of sp³-hybridized carbons (Fsp3) is 0.435. The van der Waals surface area contributed by atoms with E-state index in [9.17, 15) is 22.4 Å². The number of benzene rings is 2. The molecule has 7 heteroatoms. The van der Waals surface area contributed by atoms with Gasteiger partial charge in [-0.3, -0.25) is 9.69 Å². The summed E-state index contributed by atoms with van der Waals surface area (Å²) in [6, 6.07) is 15.1. The normalized spacial score (nSPS) is 24.0. The molecule has 0 N–H and O–H groups in total. The highest BCUT2D eigenvalue weighted by atomic mass is 19.4. The van der Waals surface area contributed by atoms with Crippen LogP contribution in [0.1, 0.15) is 36.9 Å². The molecule has 0 bridgehead atoms. The first-order valence-corrected chi connectivity index (χ1v) is 10.1. The van der Waals surface area contributed by atoms with Crippen molar-refractivity contribution in [1.82, 2.24) is 9.80 Å². The molecule has 1 heterocycles. The molecule has 1 amide bonds. The number of alkyl halides is 3. The molecule has 0 spiro atoms. The van der Waals surface area contributed by atoms with Gasteiger partial charge in [0.15, 0.2) is 0 Å². The van der Waals surface area contributed by atoms with Crippen LogP contribution in [0.2, 0.25) is 0 Å². The van der Waals surface area contributed by atoms with Crippen LogP contribution in [0, 0.1) is 11.2 Å². The third-order valence-electron chi connectivity index (χ3n) is 6.29. The molecular formula is C23H24F4N2O. The Balaban J connectivity index is 1.62. The van der Waals surface area contributed by atoms with Gasteiger partial charge in [0.05, 0.1) is 6.04 Å². The topological polar surface area (TPSA) is 23.6 Å². The highest BCUT2D eigenvalue weighted by Gasteiger charge is 2.69. The van der Waals surface area contributed by atoms with Crippen molar-refractivity contribution < 1.29 is 22.4 Å². The molecular weight excluding hydrogens is 396 g/mol. The van der Waals surface area contributed by atoms with Gasteiger partial charge in [-0.25, -0.2) is 4.39 Å². The van der Waals surface area contributed by atoms with Gasteiger partial charge in [-0.1, -0.05) is 42.5 Å². The third kappa shape index (κ3) is 3.83. The molecule has 2 aromatic rings. The van der Waals surface area contributed by atoms with Crippen LogP contribution in [0.4, 0.5) is 17.6 Å². The summed E-state index contributed by atoms with van der Waals surface area (Å²) >= 11 is 0. The van der Waals surface area contributed by atoms with Crippen LogP contribution in [0.5, 0.6) is 0 Å². The third-order valence-corrected chi connectivity index (χ3v) is 6.29. The molecule has 0 radical (unpaired) electrons. The van der Waals surface area contributed by atoms with E-state index in [1.54, 1.807) is 19.1 Å². The fourth-order valence-corrected chi connectivity index (χ4v) is 4.34. The lowest BCUT2D eigenvalue weighted by Crippen LogP contribution is -2.58. The Bertz CT molecular complexity index is 894. The van der Waals surface area contributed by atoms with Crippen LogP contribution in [-0.2, 0) is 11.3 Å². The Morgan fingerprint density at radius 1 is 1.03 bits per heavy atom. The van der Waals surface area contributed by atoms with Gasteiger partial charge >= 0.3 is 6.18 Å². The molecule has 1 aliphatic heterocycles. The second-order valence-corrected chi connectivity index (χ2v) is 8.37. The van der Waals surface area contributed by atoms with Gasteiger partial charge in [0, 0.05) is 25.7 Å². The summed E-state index contributed by atoms with van der Waals surface area (Å²) < 4.78 is 54.1. The Morgan fingerprint density at radius 3 is 2.23 bits per heavy atom. The number of halogens is 4. The predicted molar refractivity (Wildman–Crippen MR) is 105 cm³/mol. The monoisotopic (exact) mass is 420 g/mol. The van der Waals surface area contributed by atoms with Gasteiger partial charge in [-0.05, 0) is 43.0 Å². The van der Waals surface area contributed by atoms with Crippen molar-refractivity contribution in [2.75, 3.05) is 13.1 Å². The maximum absolute atomic E-state index is 13.6. The highest BCUT2D eigenvalue weighted by molar-refractivity contribution is 5.86. The van der Waals surface area contributed by atoms with Gasteiger partial charge in [0.2, 0.25) is 5.91 Å². The molecule has 2 aliphatic rings. The molecule has 0 aromatic heterocycles. The molecule has 2 aromatic carbocycles. The van der Waals surface area contributed by atoms with Crippen LogP contribution in [0.3, 0.4) is 0 Å². The summed E-state index contributed by atoms with van der Waals surface area (Å²) in [5.41, 5.74) is -0.365. The molecule has 1 saturated carbocycles. The molecule has 3 nitrogen and oxygen atoms in total. The summed E-state index contributed by atoms with van der Waals surface area (Å²) in [7, 11) is 0. The lowest BCUT2D eigenvalue weighted by Gasteiger charge is -2.46. The average molecular weight is 420 g/mol. The lowest BCUT2D eigenvalue weighted by molar-refractivity contribution is -0.201. The van der Waals surface area contributed by atoms with Crippen LogP contribution in [0.25, 0.3) is 0 Å². The van der Waals surface area contributed by atoms with E-state index in [-0.39, 0.29) is 37.3 Å². The molecule has 1 saturated heterocycles. The SMILES string of the molecule is C[C@@H]1CN(Cc2ccccc2)[C@@H](c2ccc(F)cc2)CN1C(=O)C1(C(F)(F)F)CC1. The zero-order chi connectivity index (χ0) is 21.5. The van der Waals surface area contributed by atoms with Crippen molar-refractivity contribution in [1.29, 1.82) is 0 Å². The summed E-state index contributed by atoms with van der Waals surface area (Å²) in [5.74, 6) is -1.20. The minimum absolute atomic E-state index is 0.145. The summed E-state index contributed by atoms with van der Waals surface area (Å²) in [4.78, 5) is 16.5. The Morgan fingerprint density at radius 2 is 1.67 bits per heavy atom. The predicted octanol–water partition coefficient (Wildman–Crippen LogP) is 4.94. The van der Waals surface area contributed by atoms with E-state index in [1.807, 2.05) is 30.3 Å². The number of nitrogens with zero attached hydrogens (tertiary/aromatic N) is 2. The number of rotatable bonds is 4. The second kappa shape index (κ2) is 7.69. The number of carbonyl (C=O) groups is 1. The van der Waals surface area contributed by atoms with Crippen molar-refractivity contribution in [2.45, 2.75) is 44.6 Å². The van der Waals surface area contributed by atoms with E-state index in [0.29, 0.717) is 13.1 Å². The first-order valence-electron chi connectivity index (χ1n) is 10.1. The van der Waals surface area contributed by atoms with Crippen LogP contribution < -0.4 is 0 Å². The standard InChI is InChI=1S/C23H24F4N2O/c1-16-13-28(14-17-5-3-2-4-6-17)20(18-7-9-19(24)10-8-18)15-29(16)21(30)22(11-12-22)23(25,26)27/h2-10,16,20H,11-15H2,1H3/t16-,20-/m1/s1. The first kappa shape index (κ1) is 20.8. The Labute approximate surface area is 173 Å². The maximum Gasteiger partial charge on any atom is 0.403 e. The van der Waals surface area contributed by atoms with Crippen molar-refractivity contribution in [2.24, 2.45) is 5.41 Å². The smallest absolute Gasteiger partial charge is 0.336 e.